The third-order valence-electron chi connectivity index (χ3n) is 6.55. The van der Waals surface area contributed by atoms with E-state index in [0.29, 0.717) is 27.3 Å². The number of pyridine rings is 3. The third-order valence-corrected chi connectivity index (χ3v) is 7.99. The van der Waals surface area contributed by atoms with Gasteiger partial charge in [0.2, 0.25) is 5.95 Å². The second kappa shape index (κ2) is 15.0. The monoisotopic (exact) mass is 643 g/mol. The average molecular weight is 645 g/mol. The average Bonchev–Trinajstić information content (AvgIpc) is 2.96. The Labute approximate surface area is 245 Å². The summed E-state index contributed by atoms with van der Waals surface area (Å²) in [7, 11) is 0. The highest BCUT2D eigenvalue weighted by molar-refractivity contribution is 9.10. The largest absolute Gasteiger partial charge is 0.381 e. The molecule has 0 saturated carbocycles. The number of anilines is 2. The predicted molar refractivity (Wildman–Crippen MR) is 153 cm³/mol. The van der Waals surface area contributed by atoms with Crippen LogP contribution in [0.3, 0.4) is 0 Å². The van der Waals surface area contributed by atoms with Crippen molar-refractivity contribution in [2.24, 2.45) is 11.8 Å². The first-order chi connectivity index (χ1) is 18.9. The van der Waals surface area contributed by atoms with Gasteiger partial charge >= 0.3 is 0 Å². The minimum absolute atomic E-state index is 0.00258. The van der Waals surface area contributed by atoms with Gasteiger partial charge < -0.3 is 20.1 Å². The van der Waals surface area contributed by atoms with E-state index in [2.05, 4.69) is 41.5 Å². The maximum Gasteiger partial charge on any atom is 0.213 e. The molecule has 0 bridgehead atoms. The van der Waals surface area contributed by atoms with Gasteiger partial charge in [-0.25, -0.2) is 19.3 Å². The number of ether oxygens (including phenoxy) is 2. The molecule has 2 aliphatic rings. The van der Waals surface area contributed by atoms with Gasteiger partial charge in [-0.1, -0.05) is 23.2 Å². The molecule has 3 aromatic rings. The molecule has 0 unspecified atom stereocenters. The molecular formula is C27H30BrCl2F2N5O2. The van der Waals surface area contributed by atoms with Crippen molar-refractivity contribution in [1.29, 1.82) is 0 Å². The van der Waals surface area contributed by atoms with Gasteiger partial charge in [0.25, 0.3) is 0 Å². The molecular weight excluding hydrogens is 615 g/mol. The van der Waals surface area contributed by atoms with E-state index >= 15 is 0 Å². The number of hydrogen-bond donors (Lipinski definition) is 2. The fourth-order valence-electron chi connectivity index (χ4n) is 4.24. The molecule has 0 amide bonds. The molecule has 3 aromatic heterocycles. The van der Waals surface area contributed by atoms with Gasteiger partial charge in [-0.3, -0.25) is 0 Å². The van der Waals surface area contributed by atoms with Crippen molar-refractivity contribution >= 4 is 50.8 Å². The first-order valence-corrected chi connectivity index (χ1v) is 14.4. The molecule has 0 aromatic carbocycles. The van der Waals surface area contributed by atoms with E-state index in [1.807, 2.05) is 12.1 Å². The normalized spacial score (nSPS) is 16.3. The zero-order chi connectivity index (χ0) is 27.6. The highest BCUT2D eigenvalue weighted by Crippen LogP contribution is 2.30. The second-order valence-electron chi connectivity index (χ2n) is 9.36. The fraction of sp³-hybridized carbons (Fsp3) is 0.444. The molecule has 2 aliphatic heterocycles. The van der Waals surface area contributed by atoms with Gasteiger partial charge in [0.05, 0.1) is 21.9 Å². The Kier molecular flexibility index (Phi) is 11.5. The van der Waals surface area contributed by atoms with E-state index in [0.717, 1.165) is 83.3 Å². The molecule has 12 heteroatoms. The Morgan fingerprint density at radius 3 is 1.92 bits per heavy atom. The van der Waals surface area contributed by atoms with Crippen molar-refractivity contribution in [2.45, 2.75) is 25.7 Å². The van der Waals surface area contributed by atoms with Crippen LogP contribution in [0.25, 0.3) is 11.3 Å². The quantitative estimate of drug-likeness (QED) is 0.262. The van der Waals surface area contributed by atoms with Crippen LogP contribution in [0, 0.1) is 23.6 Å². The van der Waals surface area contributed by atoms with Gasteiger partial charge in [0, 0.05) is 51.1 Å². The summed E-state index contributed by atoms with van der Waals surface area (Å²) in [5, 5.41) is 7.45. The van der Waals surface area contributed by atoms with Crippen molar-refractivity contribution in [3.8, 4) is 11.3 Å². The Balaban J connectivity index is 0.000000193. The van der Waals surface area contributed by atoms with Crippen LogP contribution in [0.2, 0.25) is 10.0 Å². The van der Waals surface area contributed by atoms with Crippen molar-refractivity contribution in [3.05, 3.63) is 62.9 Å². The Morgan fingerprint density at radius 2 is 1.36 bits per heavy atom. The number of nitrogens with one attached hydrogen (secondary N) is 2. The van der Waals surface area contributed by atoms with Gasteiger partial charge in [0.1, 0.15) is 16.2 Å². The summed E-state index contributed by atoms with van der Waals surface area (Å²) in [5.74, 6) is 1.20. The first-order valence-electron chi connectivity index (χ1n) is 12.8. The lowest BCUT2D eigenvalue weighted by atomic mass is 10.0. The molecule has 5 rings (SSSR count). The molecule has 2 N–H and O–H groups in total. The molecule has 2 saturated heterocycles. The Bertz CT molecular complexity index is 1230. The number of nitrogens with zero attached hydrogens (tertiary/aromatic N) is 3. The van der Waals surface area contributed by atoms with Gasteiger partial charge in [-0.05, 0) is 77.7 Å². The minimum atomic E-state index is -0.778. The van der Waals surface area contributed by atoms with Crippen LogP contribution < -0.4 is 10.6 Å². The van der Waals surface area contributed by atoms with Crippen LogP contribution in [-0.2, 0) is 9.47 Å². The molecule has 0 radical (unpaired) electrons. The first kappa shape index (κ1) is 29.9. The van der Waals surface area contributed by atoms with Crippen LogP contribution in [-0.4, -0.2) is 54.5 Å². The molecule has 0 spiro atoms. The molecule has 0 aliphatic carbocycles. The molecule has 2 fully saturated rings. The van der Waals surface area contributed by atoms with Crippen LogP contribution >= 0.6 is 39.1 Å². The lowest BCUT2D eigenvalue weighted by molar-refractivity contribution is 0.0698. The second-order valence-corrected chi connectivity index (χ2v) is 10.9. The SMILES string of the molecule is Clc1ccc(NCC2CCOCC2)nc1Br.Fc1cc(-c2nc(NCC3CCOCC3)ccc2Cl)c(F)cn1. The minimum Gasteiger partial charge on any atom is -0.381 e. The summed E-state index contributed by atoms with van der Waals surface area (Å²) in [5.41, 5.74) is 0.194. The van der Waals surface area contributed by atoms with Gasteiger partial charge in [-0.15, -0.1) is 0 Å². The van der Waals surface area contributed by atoms with Crippen LogP contribution in [0.1, 0.15) is 25.7 Å². The summed E-state index contributed by atoms with van der Waals surface area (Å²) in [6.07, 6.45) is 5.07. The predicted octanol–water partition coefficient (Wildman–Crippen LogP) is 7.25. The van der Waals surface area contributed by atoms with Crippen LogP contribution in [0.15, 0.2) is 41.1 Å². The lowest BCUT2D eigenvalue weighted by Crippen LogP contribution is -2.22. The van der Waals surface area contributed by atoms with E-state index in [9.17, 15) is 8.78 Å². The van der Waals surface area contributed by atoms with E-state index < -0.39 is 11.8 Å². The molecule has 39 heavy (non-hydrogen) atoms. The van der Waals surface area contributed by atoms with E-state index in [4.69, 9.17) is 32.7 Å². The third kappa shape index (κ3) is 9.21. The lowest BCUT2D eigenvalue weighted by Gasteiger charge is -2.22. The van der Waals surface area contributed by atoms with Gasteiger partial charge in [-0.2, -0.15) is 4.39 Å². The molecule has 5 heterocycles. The highest BCUT2D eigenvalue weighted by Gasteiger charge is 2.16. The Hall–Kier alpha value is -2.11. The molecule has 0 atom stereocenters. The topological polar surface area (TPSA) is 81.2 Å². The number of halogens is 5. The number of rotatable bonds is 7. The molecule has 210 valence electrons. The fourth-order valence-corrected chi connectivity index (χ4v) is 4.87. The summed E-state index contributed by atoms with van der Waals surface area (Å²) >= 11 is 15.3. The zero-order valence-corrected chi connectivity index (χ0v) is 24.3. The zero-order valence-electron chi connectivity index (χ0n) is 21.2. The molecule has 7 nitrogen and oxygen atoms in total. The summed E-state index contributed by atoms with van der Waals surface area (Å²) < 4.78 is 38.5. The van der Waals surface area contributed by atoms with Crippen molar-refractivity contribution < 1.29 is 18.3 Å². The summed E-state index contributed by atoms with van der Waals surface area (Å²) in [4.78, 5) is 11.9. The van der Waals surface area contributed by atoms with Gasteiger partial charge in [0.15, 0.2) is 5.82 Å². The number of hydrogen-bond acceptors (Lipinski definition) is 7. The standard InChI is InChI=1S/C16H16ClF2N3O.C11H14BrClN2O/c17-12-1-2-15(21-8-10-3-5-23-6-4-10)22-16(12)11-7-14(19)20-9-13(11)18;12-11-9(13)1-2-10(15-11)14-7-8-3-5-16-6-4-8/h1-2,7,9-10H,3-6,8H2,(H,21,22);1-2,8H,3-7H2,(H,14,15). The summed E-state index contributed by atoms with van der Waals surface area (Å²) in [6.45, 7) is 5.00. The number of aromatic nitrogens is 3. The van der Waals surface area contributed by atoms with E-state index in [1.165, 1.54) is 0 Å². The summed E-state index contributed by atoms with van der Waals surface area (Å²) in [6, 6.07) is 8.07. The smallest absolute Gasteiger partial charge is 0.213 e. The Morgan fingerprint density at radius 1 is 0.821 bits per heavy atom. The van der Waals surface area contributed by atoms with Crippen LogP contribution in [0.5, 0.6) is 0 Å². The van der Waals surface area contributed by atoms with E-state index in [1.54, 1.807) is 12.1 Å². The van der Waals surface area contributed by atoms with Crippen LogP contribution in [0.4, 0.5) is 20.4 Å². The maximum absolute atomic E-state index is 13.9. The highest BCUT2D eigenvalue weighted by atomic mass is 79.9. The van der Waals surface area contributed by atoms with Crippen molar-refractivity contribution in [2.75, 3.05) is 50.2 Å². The van der Waals surface area contributed by atoms with Crippen molar-refractivity contribution in [3.63, 3.8) is 0 Å². The maximum atomic E-state index is 13.9. The van der Waals surface area contributed by atoms with Crippen molar-refractivity contribution in [1.82, 2.24) is 15.0 Å². The van der Waals surface area contributed by atoms with E-state index in [-0.39, 0.29) is 16.3 Å².